The Morgan fingerprint density at radius 3 is 2.82 bits per heavy atom. The topological polar surface area (TPSA) is 124 Å². The Morgan fingerprint density at radius 2 is 2.08 bits per heavy atom. The number of rotatable bonds is 5. The summed E-state index contributed by atoms with van der Waals surface area (Å²) < 4.78 is 37.1. The van der Waals surface area contributed by atoms with E-state index >= 15 is 4.39 Å². The quantitative estimate of drug-likeness (QED) is 0.379. The molecule has 0 unspecified atom stereocenters. The predicted molar refractivity (Wildman–Crippen MR) is 145 cm³/mol. The lowest BCUT2D eigenvalue weighted by molar-refractivity contribution is 0.115. The van der Waals surface area contributed by atoms with E-state index in [9.17, 15) is 14.8 Å². The van der Waals surface area contributed by atoms with Gasteiger partial charge in [0.15, 0.2) is 11.6 Å². The first kappa shape index (κ1) is 25.8. The number of nitrogens with zero attached hydrogens (tertiary/aromatic N) is 6. The second kappa shape index (κ2) is 9.60. The van der Waals surface area contributed by atoms with Crippen LogP contribution in [0, 0.1) is 23.0 Å². The van der Waals surface area contributed by atoms with Crippen LogP contribution in [0.4, 0.5) is 19.7 Å². The Bertz CT molecular complexity index is 1670. The van der Waals surface area contributed by atoms with Crippen LogP contribution < -0.4 is 10.6 Å². The molecule has 0 spiro atoms. The molecule has 0 amide bonds. The minimum absolute atomic E-state index is 0.0388. The van der Waals surface area contributed by atoms with Crippen LogP contribution in [0.3, 0.4) is 0 Å². The number of fused-ring (bicyclic) bond motifs is 4. The van der Waals surface area contributed by atoms with Gasteiger partial charge in [0.2, 0.25) is 5.95 Å². The van der Waals surface area contributed by atoms with Crippen LogP contribution in [0.1, 0.15) is 37.0 Å². The first-order valence-electron chi connectivity index (χ1n) is 12.7. The monoisotopic (exact) mass is 551 g/mol. The summed E-state index contributed by atoms with van der Waals surface area (Å²) in [6.07, 6.45) is 3.07. The van der Waals surface area contributed by atoms with Gasteiger partial charge in [0.05, 0.1) is 41.5 Å². The van der Waals surface area contributed by atoms with Crippen LogP contribution in [0.15, 0.2) is 12.4 Å². The summed E-state index contributed by atoms with van der Waals surface area (Å²) in [4.78, 5) is 17.7. The molecule has 2 aliphatic heterocycles. The molecule has 39 heavy (non-hydrogen) atoms. The van der Waals surface area contributed by atoms with Gasteiger partial charge in [-0.15, -0.1) is 11.3 Å². The molecule has 3 atom stereocenters. The SMILES string of the molecule is C[C@H](O)CN(C)[C@H]1CCN(c2ncc3c4c(c(-c5ncc(F)c6sc(N)c(C#N)c56)c(F)c3n2)COC4)[C@H]1C. The molecule has 0 saturated carbocycles. The number of aliphatic hydroxyl groups is 1. The molecule has 9 nitrogen and oxygen atoms in total. The third-order valence-electron chi connectivity index (χ3n) is 7.82. The van der Waals surface area contributed by atoms with Gasteiger partial charge in [-0.25, -0.2) is 18.7 Å². The molecule has 0 aliphatic carbocycles. The van der Waals surface area contributed by atoms with Gasteiger partial charge in [0, 0.05) is 47.7 Å². The van der Waals surface area contributed by atoms with E-state index in [0.717, 1.165) is 29.5 Å². The summed E-state index contributed by atoms with van der Waals surface area (Å²) in [6.45, 7) is 5.45. The Kier molecular flexibility index (Phi) is 6.34. The Labute approximate surface area is 227 Å². The molecule has 1 saturated heterocycles. The van der Waals surface area contributed by atoms with Crippen molar-refractivity contribution in [1.29, 1.82) is 5.26 Å². The normalized spacial score (nSPS) is 19.8. The number of hydrogen-bond donors (Lipinski definition) is 2. The maximum absolute atomic E-state index is 16.5. The average molecular weight is 552 g/mol. The highest BCUT2D eigenvalue weighted by Gasteiger charge is 2.36. The summed E-state index contributed by atoms with van der Waals surface area (Å²) in [5.41, 5.74) is 7.83. The number of hydrogen-bond acceptors (Lipinski definition) is 10. The second-order valence-corrected chi connectivity index (χ2v) is 11.3. The van der Waals surface area contributed by atoms with Gasteiger partial charge >= 0.3 is 0 Å². The maximum Gasteiger partial charge on any atom is 0.226 e. The van der Waals surface area contributed by atoms with Crippen molar-refractivity contribution in [1.82, 2.24) is 19.9 Å². The lowest BCUT2D eigenvalue weighted by Gasteiger charge is -2.31. The molecule has 202 valence electrons. The number of likely N-dealkylation sites (N-methyl/N-ethyl adjacent to an activating group) is 1. The zero-order valence-corrected chi connectivity index (χ0v) is 22.5. The van der Waals surface area contributed by atoms with E-state index in [0.29, 0.717) is 30.0 Å². The summed E-state index contributed by atoms with van der Waals surface area (Å²) in [6, 6.07) is 2.25. The van der Waals surface area contributed by atoms with Crippen LogP contribution in [-0.2, 0) is 18.0 Å². The number of pyridine rings is 1. The first-order valence-corrected chi connectivity index (χ1v) is 13.5. The van der Waals surface area contributed by atoms with Crippen LogP contribution in [0.2, 0.25) is 0 Å². The second-order valence-electron chi connectivity index (χ2n) is 10.3. The van der Waals surface area contributed by atoms with Gasteiger partial charge in [-0.3, -0.25) is 9.88 Å². The number of thiophene rings is 1. The zero-order valence-electron chi connectivity index (χ0n) is 21.7. The van der Waals surface area contributed by atoms with Gasteiger partial charge in [-0.05, 0) is 38.4 Å². The largest absolute Gasteiger partial charge is 0.392 e. The van der Waals surface area contributed by atoms with Crippen LogP contribution in [0.25, 0.3) is 32.2 Å². The molecular weight excluding hydrogens is 524 g/mol. The van der Waals surface area contributed by atoms with E-state index in [1.165, 1.54) is 0 Å². The van der Waals surface area contributed by atoms with Gasteiger partial charge < -0.3 is 20.5 Å². The molecular formula is C27H27F2N7O2S. The molecule has 4 aromatic rings. The molecule has 12 heteroatoms. The zero-order chi connectivity index (χ0) is 27.6. The van der Waals surface area contributed by atoms with Crippen molar-refractivity contribution in [3.8, 4) is 17.3 Å². The number of nitriles is 1. The molecule has 6 rings (SSSR count). The molecule has 1 aromatic carbocycles. The van der Waals surface area contributed by atoms with Gasteiger partial charge in [-0.2, -0.15) is 5.26 Å². The number of nitrogens with two attached hydrogens (primary N) is 1. The van der Waals surface area contributed by atoms with Crippen LogP contribution >= 0.6 is 11.3 Å². The highest BCUT2D eigenvalue weighted by atomic mass is 32.1. The van der Waals surface area contributed by atoms with E-state index in [1.807, 2.05) is 18.0 Å². The fourth-order valence-corrected chi connectivity index (χ4v) is 6.94. The first-order chi connectivity index (χ1) is 18.7. The smallest absolute Gasteiger partial charge is 0.226 e. The van der Waals surface area contributed by atoms with Crippen molar-refractivity contribution in [3.63, 3.8) is 0 Å². The summed E-state index contributed by atoms with van der Waals surface area (Å²) in [5, 5.41) is 20.5. The van der Waals surface area contributed by atoms with Gasteiger partial charge in [0.25, 0.3) is 0 Å². The standard InChI is InChI=1S/C27H27F2N7O2S/c1-12(37)9-35(3)19-4-5-36(13(19)2)27-33-7-15-16-10-38-11-17(16)20(22(29)23(15)34-27)24-21-14(6-30)26(31)39-25(21)18(28)8-32-24/h7-8,12-13,19,37H,4-5,9-11,31H2,1-3H3/t12-,13-,19-/m0/s1. The van der Waals surface area contributed by atoms with Crippen molar-refractivity contribution >= 4 is 43.3 Å². The molecule has 1 fully saturated rings. The number of nitrogen functional groups attached to an aromatic ring is 1. The van der Waals surface area contributed by atoms with E-state index in [2.05, 4.69) is 21.8 Å². The van der Waals surface area contributed by atoms with Crippen molar-refractivity contribution in [3.05, 3.63) is 40.7 Å². The molecule has 3 aromatic heterocycles. The van der Waals surface area contributed by atoms with Crippen LogP contribution in [-0.4, -0.2) is 63.3 Å². The maximum atomic E-state index is 16.5. The van der Waals surface area contributed by atoms with Gasteiger partial charge in [0.1, 0.15) is 16.6 Å². The molecule has 0 bridgehead atoms. The Morgan fingerprint density at radius 1 is 1.31 bits per heavy atom. The van der Waals surface area contributed by atoms with E-state index < -0.39 is 17.7 Å². The van der Waals surface area contributed by atoms with E-state index in [1.54, 1.807) is 13.1 Å². The molecule has 5 heterocycles. The number of anilines is 2. The number of benzene rings is 1. The van der Waals surface area contributed by atoms with E-state index in [4.69, 9.17) is 15.5 Å². The summed E-state index contributed by atoms with van der Waals surface area (Å²) in [7, 11) is 1.98. The molecule has 0 radical (unpaired) electrons. The summed E-state index contributed by atoms with van der Waals surface area (Å²) >= 11 is 0.942. The Hall–Kier alpha value is -3.50. The average Bonchev–Trinajstić information content (AvgIpc) is 3.62. The van der Waals surface area contributed by atoms with Crippen molar-refractivity contribution in [2.45, 2.75) is 51.7 Å². The lowest BCUT2D eigenvalue weighted by Crippen LogP contribution is -2.44. The van der Waals surface area contributed by atoms with Crippen molar-refractivity contribution in [2.24, 2.45) is 0 Å². The molecule has 3 N–H and O–H groups in total. The number of aromatic nitrogens is 3. The van der Waals surface area contributed by atoms with Crippen molar-refractivity contribution in [2.75, 3.05) is 30.8 Å². The van der Waals surface area contributed by atoms with Gasteiger partial charge in [-0.1, -0.05) is 0 Å². The third kappa shape index (κ3) is 4.00. The number of aliphatic hydroxyl groups excluding tert-OH is 1. The minimum Gasteiger partial charge on any atom is -0.392 e. The molecule has 2 aliphatic rings. The fraction of sp³-hybridized carbons (Fsp3) is 0.407. The predicted octanol–water partition coefficient (Wildman–Crippen LogP) is 3.95. The van der Waals surface area contributed by atoms with E-state index in [-0.39, 0.29) is 62.7 Å². The third-order valence-corrected chi connectivity index (χ3v) is 8.85. The highest BCUT2D eigenvalue weighted by molar-refractivity contribution is 7.23. The number of halogens is 2. The highest BCUT2D eigenvalue weighted by Crippen LogP contribution is 2.45. The fourth-order valence-electron chi connectivity index (χ4n) is 6.02. The lowest BCUT2D eigenvalue weighted by atomic mass is 9.94. The summed E-state index contributed by atoms with van der Waals surface area (Å²) in [5.74, 6) is -0.841. The van der Waals surface area contributed by atoms with Crippen molar-refractivity contribution < 1.29 is 18.6 Å². The Balaban J connectivity index is 1.52. The van der Waals surface area contributed by atoms with Crippen LogP contribution in [0.5, 0.6) is 0 Å². The number of ether oxygens (including phenoxy) is 1. The minimum atomic E-state index is -0.624.